The molecule has 3 rings (SSSR count). The molecule has 2 heterocycles. The topological polar surface area (TPSA) is 50.5 Å². The standard InChI is InChI=1S/C17H22FN3O2/c1-12-17(16-11-23-10-8-20(16)7-9-22)13(2)21(19-12)15-6-4-3-5-14(15)18/h3-6,16,22H,7-11H2,1-2H3/t16-/m1/s1. The smallest absolute Gasteiger partial charge is 0.148 e. The normalized spacial score (nSPS) is 19.2. The molecule has 0 saturated carbocycles. The Hall–Kier alpha value is -1.76. The number of aliphatic hydroxyl groups excluding tert-OH is 1. The number of halogens is 1. The van der Waals surface area contributed by atoms with E-state index < -0.39 is 0 Å². The van der Waals surface area contributed by atoms with Gasteiger partial charge >= 0.3 is 0 Å². The summed E-state index contributed by atoms with van der Waals surface area (Å²) < 4.78 is 21.4. The minimum Gasteiger partial charge on any atom is -0.395 e. The van der Waals surface area contributed by atoms with Gasteiger partial charge in [-0.3, -0.25) is 4.90 Å². The molecule has 124 valence electrons. The second-order valence-electron chi connectivity index (χ2n) is 5.80. The Balaban J connectivity index is 2.02. The van der Waals surface area contributed by atoms with Gasteiger partial charge in [-0.2, -0.15) is 5.10 Å². The molecule has 0 unspecified atom stereocenters. The van der Waals surface area contributed by atoms with Gasteiger partial charge in [-0.1, -0.05) is 12.1 Å². The highest BCUT2D eigenvalue weighted by atomic mass is 19.1. The number of aryl methyl sites for hydroxylation is 1. The van der Waals surface area contributed by atoms with Gasteiger partial charge in [0.2, 0.25) is 0 Å². The van der Waals surface area contributed by atoms with E-state index in [0.717, 1.165) is 23.5 Å². The lowest BCUT2D eigenvalue weighted by Gasteiger charge is -2.35. The molecule has 2 aromatic rings. The summed E-state index contributed by atoms with van der Waals surface area (Å²) in [6.07, 6.45) is 0. The first-order valence-corrected chi connectivity index (χ1v) is 7.87. The summed E-state index contributed by atoms with van der Waals surface area (Å²) in [6.45, 7) is 6.59. The van der Waals surface area contributed by atoms with E-state index in [0.29, 0.717) is 25.4 Å². The van der Waals surface area contributed by atoms with Gasteiger partial charge in [0, 0.05) is 24.3 Å². The lowest BCUT2D eigenvalue weighted by Crippen LogP contribution is -2.41. The Labute approximate surface area is 135 Å². The van der Waals surface area contributed by atoms with Gasteiger partial charge in [0.25, 0.3) is 0 Å². The monoisotopic (exact) mass is 319 g/mol. The summed E-state index contributed by atoms with van der Waals surface area (Å²) >= 11 is 0. The van der Waals surface area contributed by atoms with Crippen molar-refractivity contribution in [3.63, 3.8) is 0 Å². The largest absolute Gasteiger partial charge is 0.395 e. The first-order valence-electron chi connectivity index (χ1n) is 7.87. The van der Waals surface area contributed by atoms with Gasteiger partial charge in [-0.05, 0) is 26.0 Å². The number of para-hydroxylation sites is 1. The molecule has 0 amide bonds. The molecular weight excluding hydrogens is 297 g/mol. The molecule has 6 heteroatoms. The van der Waals surface area contributed by atoms with Crippen LogP contribution in [-0.2, 0) is 4.74 Å². The number of ether oxygens (including phenoxy) is 1. The lowest BCUT2D eigenvalue weighted by atomic mass is 10.0. The number of β-amino-alcohol motifs (C(OH)–C–C–N with tert-alkyl or cyclic N) is 1. The van der Waals surface area contributed by atoms with E-state index in [2.05, 4.69) is 10.00 Å². The zero-order chi connectivity index (χ0) is 16.4. The van der Waals surface area contributed by atoms with E-state index >= 15 is 0 Å². The van der Waals surface area contributed by atoms with Crippen LogP contribution < -0.4 is 0 Å². The van der Waals surface area contributed by atoms with E-state index in [1.165, 1.54) is 6.07 Å². The van der Waals surface area contributed by atoms with Crippen LogP contribution in [0.5, 0.6) is 0 Å². The van der Waals surface area contributed by atoms with Crippen molar-refractivity contribution < 1.29 is 14.2 Å². The predicted molar refractivity (Wildman–Crippen MR) is 85.2 cm³/mol. The quantitative estimate of drug-likeness (QED) is 0.936. The fraction of sp³-hybridized carbons (Fsp3) is 0.471. The van der Waals surface area contributed by atoms with Crippen LogP contribution in [0.3, 0.4) is 0 Å². The van der Waals surface area contributed by atoms with E-state index in [4.69, 9.17) is 4.74 Å². The second kappa shape index (κ2) is 6.78. The molecule has 1 aliphatic rings. The average molecular weight is 319 g/mol. The third-order valence-corrected chi connectivity index (χ3v) is 4.39. The average Bonchev–Trinajstić information content (AvgIpc) is 2.84. The molecule has 0 aliphatic carbocycles. The van der Waals surface area contributed by atoms with Crippen LogP contribution in [0.4, 0.5) is 4.39 Å². The van der Waals surface area contributed by atoms with E-state index in [1.54, 1.807) is 22.9 Å². The zero-order valence-corrected chi connectivity index (χ0v) is 13.5. The van der Waals surface area contributed by atoms with Crippen molar-refractivity contribution in [2.45, 2.75) is 19.9 Å². The number of morpholine rings is 1. The SMILES string of the molecule is Cc1nn(-c2ccccc2F)c(C)c1[C@H]1COCCN1CCO. The summed E-state index contributed by atoms with van der Waals surface area (Å²) in [4.78, 5) is 2.20. The second-order valence-corrected chi connectivity index (χ2v) is 5.80. The fourth-order valence-corrected chi connectivity index (χ4v) is 3.30. The highest BCUT2D eigenvalue weighted by molar-refractivity contribution is 5.39. The van der Waals surface area contributed by atoms with Crippen LogP contribution in [0.2, 0.25) is 0 Å². The van der Waals surface area contributed by atoms with Crippen LogP contribution >= 0.6 is 0 Å². The highest BCUT2D eigenvalue weighted by Crippen LogP contribution is 2.30. The molecule has 1 saturated heterocycles. The predicted octanol–water partition coefficient (Wildman–Crippen LogP) is 1.99. The molecule has 0 spiro atoms. The lowest BCUT2D eigenvalue weighted by molar-refractivity contribution is -0.0150. The molecule has 0 bridgehead atoms. The first kappa shape index (κ1) is 16.1. The van der Waals surface area contributed by atoms with E-state index in [9.17, 15) is 9.50 Å². The number of nitrogens with zero attached hydrogens (tertiary/aromatic N) is 3. The molecule has 23 heavy (non-hydrogen) atoms. The number of aliphatic hydroxyl groups is 1. The molecule has 1 aliphatic heterocycles. The van der Waals surface area contributed by atoms with Gasteiger partial charge in [-0.15, -0.1) is 0 Å². The molecular formula is C17H22FN3O2. The van der Waals surface area contributed by atoms with Crippen molar-refractivity contribution in [3.05, 3.63) is 47.0 Å². The van der Waals surface area contributed by atoms with E-state index in [1.807, 2.05) is 13.8 Å². The summed E-state index contributed by atoms with van der Waals surface area (Å²) in [5, 5.41) is 13.8. The fourth-order valence-electron chi connectivity index (χ4n) is 3.30. The number of benzene rings is 1. The van der Waals surface area contributed by atoms with Gasteiger partial charge in [0.05, 0.1) is 31.6 Å². The number of aromatic nitrogens is 2. The highest BCUT2D eigenvalue weighted by Gasteiger charge is 2.29. The summed E-state index contributed by atoms with van der Waals surface area (Å²) in [5.41, 5.74) is 3.28. The summed E-state index contributed by atoms with van der Waals surface area (Å²) in [7, 11) is 0. The van der Waals surface area contributed by atoms with Crippen molar-refractivity contribution in [2.75, 3.05) is 32.9 Å². The van der Waals surface area contributed by atoms with Crippen molar-refractivity contribution in [3.8, 4) is 5.69 Å². The van der Waals surface area contributed by atoms with Crippen molar-refractivity contribution in [1.29, 1.82) is 0 Å². The number of rotatable bonds is 4. The zero-order valence-electron chi connectivity index (χ0n) is 13.5. The molecule has 0 radical (unpaired) electrons. The van der Waals surface area contributed by atoms with Gasteiger partial charge < -0.3 is 9.84 Å². The maximum Gasteiger partial charge on any atom is 0.148 e. The Morgan fingerprint density at radius 2 is 2.13 bits per heavy atom. The Morgan fingerprint density at radius 3 is 2.87 bits per heavy atom. The summed E-state index contributed by atoms with van der Waals surface area (Å²) in [5.74, 6) is -0.295. The van der Waals surface area contributed by atoms with Crippen molar-refractivity contribution in [2.24, 2.45) is 0 Å². The van der Waals surface area contributed by atoms with E-state index in [-0.39, 0.29) is 18.5 Å². The van der Waals surface area contributed by atoms with Gasteiger partial charge in [0.1, 0.15) is 11.5 Å². The molecule has 1 aromatic carbocycles. The third-order valence-electron chi connectivity index (χ3n) is 4.39. The minimum atomic E-state index is -0.295. The van der Waals surface area contributed by atoms with Crippen LogP contribution in [0.15, 0.2) is 24.3 Å². The van der Waals surface area contributed by atoms with Crippen LogP contribution in [0, 0.1) is 19.7 Å². The Bertz CT molecular complexity index is 684. The van der Waals surface area contributed by atoms with Crippen molar-refractivity contribution >= 4 is 0 Å². The third kappa shape index (κ3) is 3.02. The van der Waals surface area contributed by atoms with Crippen LogP contribution in [0.1, 0.15) is 23.0 Å². The van der Waals surface area contributed by atoms with Crippen molar-refractivity contribution in [1.82, 2.24) is 14.7 Å². The Kier molecular flexibility index (Phi) is 4.75. The maximum absolute atomic E-state index is 14.1. The van der Waals surface area contributed by atoms with Crippen LogP contribution in [0.25, 0.3) is 5.69 Å². The Morgan fingerprint density at radius 1 is 1.35 bits per heavy atom. The number of hydrogen-bond acceptors (Lipinski definition) is 4. The molecule has 1 aromatic heterocycles. The molecule has 5 nitrogen and oxygen atoms in total. The van der Waals surface area contributed by atoms with Gasteiger partial charge in [0.15, 0.2) is 0 Å². The number of hydrogen-bond donors (Lipinski definition) is 1. The maximum atomic E-state index is 14.1. The minimum absolute atomic E-state index is 0.0384. The molecule has 1 atom stereocenters. The van der Waals surface area contributed by atoms with Crippen LogP contribution in [-0.4, -0.2) is 52.7 Å². The molecule has 1 N–H and O–H groups in total. The summed E-state index contributed by atoms with van der Waals surface area (Å²) in [6, 6.07) is 6.67. The first-order chi connectivity index (χ1) is 11.1. The molecule has 1 fully saturated rings. The van der Waals surface area contributed by atoms with Gasteiger partial charge in [-0.25, -0.2) is 9.07 Å².